The van der Waals surface area contributed by atoms with Gasteiger partial charge in [-0.3, -0.25) is 0 Å². The third-order valence-electron chi connectivity index (χ3n) is 2.23. The lowest BCUT2D eigenvalue weighted by atomic mass is 10.1. The van der Waals surface area contributed by atoms with E-state index in [1.54, 1.807) is 13.3 Å². The first-order valence-electron chi connectivity index (χ1n) is 4.67. The molecule has 1 aromatic carbocycles. The van der Waals surface area contributed by atoms with E-state index in [2.05, 4.69) is 20.9 Å². The van der Waals surface area contributed by atoms with E-state index in [1.807, 2.05) is 30.3 Å². The fourth-order valence-corrected chi connectivity index (χ4v) is 2.35. The van der Waals surface area contributed by atoms with Crippen molar-refractivity contribution in [3.63, 3.8) is 0 Å². The Labute approximate surface area is 107 Å². The fraction of sp³-hybridized carbons (Fsp3) is 0.0833. The van der Waals surface area contributed by atoms with Crippen molar-refractivity contribution in [2.75, 3.05) is 7.11 Å². The molecule has 0 fully saturated rings. The van der Waals surface area contributed by atoms with E-state index >= 15 is 0 Å². The molecule has 0 unspecified atom stereocenters. The fourth-order valence-electron chi connectivity index (χ4n) is 1.43. The van der Waals surface area contributed by atoms with E-state index in [0.29, 0.717) is 5.15 Å². The molecule has 0 radical (unpaired) electrons. The summed E-state index contributed by atoms with van der Waals surface area (Å²) in [5.74, 6) is 0.819. The Morgan fingerprint density at radius 2 is 1.88 bits per heavy atom. The number of rotatable bonds is 2. The van der Waals surface area contributed by atoms with Crippen molar-refractivity contribution in [1.82, 2.24) is 4.98 Å². The van der Waals surface area contributed by atoms with E-state index in [9.17, 15) is 0 Å². The molecule has 0 amide bonds. The molecule has 2 nitrogen and oxygen atoms in total. The molecule has 0 spiro atoms. The number of ether oxygens (including phenoxy) is 1. The lowest BCUT2D eigenvalue weighted by molar-refractivity contribution is 0.415. The lowest BCUT2D eigenvalue weighted by Crippen LogP contribution is -1.86. The molecule has 2 aromatic rings. The summed E-state index contributed by atoms with van der Waals surface area (Å²) in [6.45, 7) is 0. The second kappa shape index (κ2) is 4.85. The van der Waals surface area contributed by atoms with Gasteiger partial charge in [-0.2, -0.15) is 0 Å². The van der Waals surface area contributed by atoms with Crippen LogP contribution in [0.5, 0.6) is 5.75 Å². The summed E-state index contributed by atoms with van der Waals surface area (Å²) in [6, 6.07) is 9.56. The molecule has 1 heterocycles. The van der Waals surface area contributed by atoms with Crippen LogP contribution in [0.15, 0.2) is 41.0 Å². The quantitative estimate of drug-likeness (QED) is 0.776. The van der Waals surface area contributed by atoms with Crippen molar-refractivity contribution >= 4 is 27.5 Å². The smallest absolute Gasteiger partial charge is 0.137 e. The van der Waals surface area contributed by atoms with Gasteiger partial charge in [-0.1, -0.05) is 23.7 Å². The number of hydrogen-bond donors (Lipinski definition) is 0. The Bertz CT molecular complexity index is 479. The summed E-state index contributed by atoms with van der Waals surface area (Å²) in [5.41, 5.74) is 1.90. The molecule has 1 aromatic heterocycles. The van der Waals surface area contributed by atoms with Crippen LogP contribution in [-0.4, -0.2) is 12.1 Å². The summed E-state index contributed by atoms with van der Waals surface area (Å²) in [5, 5.41) is 0.486. The number of halogens is 2. The van der Waals surface area contributed by atoms with Crippen LogP contribution in [0.2, 0.25) is 5.15 Å². The minimum atomic E-state index is 0.486. The van der Waals surface area contributed by atoms with Crippen molar-refractivity contribution < 1.29 is 4.74 Å². The van der Waals surface area contributed by atoms with Gasteiger partial charge in [-0.15, -0.1) is 0 Å². The zero-order chi connectivity index (χ0) is 11.5. The van der Waals surface area contributed by atoms with Crippen molar-refractivity contribution in [2.24, 2.45) is 0 Å². The average Bonchev–Trinajstić information content (AvgIpc) is 2.30. The van der Waals surface area contributed by atoms with Gasteiger partial charge in [-0.25, -0.2) is 4.98 Å². The first-order valence-corrected chi connectivity index (χ1v) is 5.84. The first-order chi connectivity index (χ1) is 7.72. The molecular formula is C12H9BrClNO. The molecule has 0 aliphatic carbocycles. The topological polar surface area (TPSA) is 22.1 Å². The molecular weight excluding hydrogens is 289 g/mol. The number of nitrogens with zero attached hydrogens (tertiary/aromatic N) is 1. The molecule has 0 saturated carbocycles. The standard InChI is InChI=1S/C12H9BrClNO/c1-16-9-4-2-8(3-5-9)11-10(13)6-7-15-12(11)14/h2-7H,1H3. The highest BCUT2D eigenvalue weighted by atomic mass is 79.9. The number of hydrogen-bond acceptors (Lipinski definition) is 2. The summed E-state index contributed by atoms with van der Waals surface area (Å²) in [7, 11) is 1.64. The number of methoxy groups -OCH3 is 1. The highest BCUT2D eigenvalue weighted by molar-refractivity contribution is 9.10. The minimum absolute atomic E-state index is 0.486. The highest BCUT2D eigenvalue weighted by Gasteiger charge is 2.08. The van der Waals surface area contributed by atoms with Gasteiger partial charge in [0.05, 0.1) is 7.11 Å². The zero-order valence-corrected chi connectivity index (χ0v) is 10.9. The summed E-state index contributed by atoms with van der Waals surface area (Å²) in [6.07, 6.45) is 1.67. The van der Waals surface area contributed by atoms with Crippen molar-refractivity contribution in [1.29, 1.82) is 0 Å². The molecule has 4 heteroatoms. The van der Waals surface area contributed by atoms with E-state index in [-0.39, 0.29) is 0 Å². The molecule has 0 aliphatic heterocycles. The predicted molar refractivity (Wildman–Crippen MR) is 68.9 cm³/mol. The molecule has 16 heavy (non-hydrogen) atoms. The second-order valence-corrected chi connectivity index (χ2v) is 4.40. The number of benzene rings is 1. The Balaban J connectivity index is 2.50. The van der Waals surface area contributed by atoms with Gasteiger partial charge in [0.2, 0.25) is 0 Å². The van der Waals surface area contributed by atoms with Crippen LogP contribution in [0, 0.1) is 0 Å². The molecule has 0 N–H and O–H groups in total. The van der Waals surface area contributed by atoms with Gasteiger partial charge < -0.3 is 4.74 Å². The molecule has 0 bridgehead atoms. The Kier molecular flexibility index (Phi) is 3.46. The minimum Gasteiger partial charge on any atom is -0.497 e. The van der Waals surface area contributed by atoms with Crippen LogP contribution in [-0.2, 0) is 0 Å². The SMILES string of the molecule is COc1ccc(-c2c(Br)ccnc2Cl)cc1. The largest absolute Gasteiger partial charge is 0.497 e. The molecule has 0 aliphatic rings. The van der Waals surface area contributed by atoms with Gasteiger partial charge in [0.15, 0.2) is 0 Å². The maximum absolute atomic E-state index is 6.07. The van der Waals surface area contributed by atoms with Crippen LogP contribution >= 0.6 is 27.5 Å². The summed E-state index contributed by atoms with van der Waals surface area (Å²) in [4.78, 5) is 4.06. The molecule has 0 saturated heterocycles. The van der Waals surface area contributed by atoms with Crippen molar-refractivity contribution in [3.8, 4) is 16.9 Å². The Hall–Kier alpha value is -1.06. The molecule has 82 valence electrons. The summed E-state index contributed by atoms with van der Waals surface area (Å²) < 4.78 is 6.03. The maximum atomic E-state index is 6.07. The first kappa shape index (κ1) is 11.4. The predicted octanol–water partition coefficient (Wildman–Crippen LogP) is 4.17. The number of pyridine rings is 1. The Morgan fingerprint density at radius 3 is 2.44 bits per heavy atom. The van der Waals surface area contributed by atoms with Crippen molar-refractivity contribution in [3.05, 3.63) is 46.2 Å². The third kappa shape index (κ3) is 2.20. The van der Waals surface area contributed by atoms with E-state index in [0.717, 1.165) is 21.3 Å². The highest BCUT2D eigenvalue weighted by Crippen LogP contribution is 2.33. The second-order valence-electron chi connectivity index (χ2n) is 3.19. The summed E-state index contributed by atoms with van der Waals surface area (Å²) >= 11 is 9.53. The van der Waals surface area contributed by atoms with E-state index in [1.165, 1.54) is 0 Å². The lowest BCUT2D eigenvalue weighted by Gasteiger charge is -2.07. The van der Waals surface area contributed by atoms with Gasteiger partial charge >= 0.3 is 0 Å². The van der Waals surface area contributed by atoms with Crippen LogP contribution in [0.1, 0.15) is 0 Å². The monoisotopic (exact) mass is 297 g/mol. The van der Waals surface area contributed by atoms with E-state index < -0.39 is 0 Å². The third-order valence-corrected chi connectivity index (χ3v) is 3.18. The van der Waals surface area contributed by atoms with Crippen LogP contribution in [0.3, 0.4) is 0 Å². The molecule has 2 rings (SSSR count). The normalized spacial score (nSPS) is 10.2. The van der Waals surface area contributed by atoms with Gasteiger partial charge in [0.25, 0.3) is 0 Å². The number of aromatic nitrogens is 1. The Morgan fingerprint density at radius 1 is 1.19 bits per heavy atom. The van der Waals surface area contributed by atoms with Gasteiger partial charge in [0.1, 0.15) is 10.9 Å². The van der Waals surface area contributed by atoms with E-state index in [4.69, 9.17) is 16.3 Å². The van der Waals surface area contributed by atoms with Gasteiger partial charge in [0, 0.05) is 16.2 Å². The van der Waals surface area contributed by atoms with Crippen LogP contribution < -0.4 is 4.74 Å². The van der Waals surface area contributed by atoms with Crippen molar-refractivity contribution in [2.45, 2.75) is 0 Å². The average molecular weight is 299 g/mol. The zero-order valence-electron chi connectivity index (χ0n) is 8.58. The van der Waals surface area contributed by atoms with Gasteiger partial charge in [-0.05, 0) is 39.7 Å². The maximum Gasteiger partial charge on any atom is 0.137 e. The van der Waals surface area contributed by atoms with Crippen LogP contribution in [0.4, 0.5) is 0 Å². The molecule has 0 atom stereocenters. The van der Waals surface area contributed by atoms with Crippen LogP contribution in [0.25, 0.3) is 11.1 Å².